The fourth-order valence-corrected chi connectivity index (χ4v) is 2.80. The number of nitrogens with one attached hydrogen (secondary N) is 1. The summed E-state index contributed by atoms with van der Waals surface area (Å²) in [4.78, 5) is 12.0. The lowest BCUT2D eigenvalue weighted by Gasteiger charge is -2.07. The standard InChI is InChI=1S/C19H20ClN3O/c1-14-2-7-18-16(12-14)13-22-23(18)11-9-19(24)21-10-8-15-3-5-17(20)6-4-15/h2-7,12-13H,8-11H2,1H3,(H,21,24). The molecule has 3 aromatic rings. The number of nitrogens with zero attached hydrogens (tertiary/aromatic N) is 2. The normalized spacial score (nSPS) is 10.9. The highest BCUT2D eigenvalue weighted by molar-refractivity contribution is 6.30. The molecule has 0 spiro atoms. The van der Waals surface area contributed by atoms with Crippen LogP contribution in [0.3, 0.4) is 0 Å². The predicted molar refractivity (Wildman–Crippen MR) is 97.3 cm³/mol. The Morgan fingerprint density at radius 2 is 2.00 bits per heavy atom. The highest BCUT2D eigenvalue weighted by Crippen LogP contribution is 2.15. The van der Waals surface area contributed by atoms with Crippen molar-refractivity contribution in [3.8, 4) is 0 Å². The first-order valence-corrected chi connectivity index (χ1v) is 8.43. The summed E-state index contributed by atoms with van der Waals surface area (Å²) >= 11 is 5.86. The minimum absolute atomic E-state index is 0.0414. The molecule has 4 nitrogen and oxygen atoms in total. The van der Waals surface area contributed by atoms with E-state index in [0.717, 1.165) is 27.9 Å². The van der Waals surface area contributed by atoms with Crippen LogP contribution in [0.4, 0.5) is 0 Å². The number of fused-ring (bicyclic) bond motifs is 1. The number of carbonyl (C=O) groups is 1. The lowest BCUT2D eigenvalue weighted by atomic mass is 10.1. The largest absolute Gasteiger partial charge is 0.356 e. The van der Waals surface area contributed by atoms with E-state index in [2.05, 4.69) is 35.5 Å². The molecule has 124 valence electrons. The molecule has 0 fully saturated rings. The quantitative estimate of drug-likeness (QED) is 0.742. The molecule has 5 heteroatoms. The molecule has 0 saturated carbocycles. The number of aryl methyl sites for hydroxylation is 2. The van der Waals surface area contributed by atoms with Crippen molar-refractivity contribution in [2.24, 2.45) is 0 Å². The van der Waals surface area contributed by atoms with Gasteiger partial charge in [-0.2, -0.15) is 5.10 Å². The van der Waals surface area contributed by atoms with Crippen LogP contribution in [-0.2, 0) is 17.8 Å². The Labute approximate surface area is 146 Å². The fraction of sp³-hybridized carbons (Fsp3) is 0.263. The van der Waals surface area contributed by atoms with Crippen molar-refractivity contribution in [2.75, 3.05) is 6.54 Å². The van der Waals surface area contributed by atoms with E-state index >= 15 is 0 Å². The summed E-state index contributed by atoms with van der Waals surface area (Å²) in [7, 11) is 0. The Morgan fingerprint density at radius 1 is 1.21 bits per heavy atom. The molecule has 0 aliphatic carbocycles. The number of aromatic nitrogens is 2. The Balaban J connectivity index is 1.47. The van der Waals surface area contributed by atoms with Crippen LogP contribution >= 0.6 is 11.6 Å². The minimum Gasteiger partial charge on any atom is -0.356 e. The van der Waals surface area contributed by atoms with Crippen molar-refractivity contribution in [3.63, 3.8) is 0 Å². The summed E-state index contributed by atoms with van der Waals surface area (Å²) in [6, 6.07) is 13.9. The first-order valence-electron chi connectivity index (χ1n) is 8.05. The van der Waals surface area contributed by atoms with Crippen LogP contribution in [0, 0.1) is 6.92 Å². The number of hydrogen-bond donors (Lipinski definition) is 1. The summed E-state index contributed by atoms with van der Waals surface area (Å²) in [6.07, 6.45) is 3.07. The van der Waals surface area contributed by atoms with E-state index in [9.17, 15) is 4.79 Å². The van der Waals surface area contributed by atoms with E-state index in [-0.39, 0.29) is 5.91 Å². The third-order valence-corrected chi connectivity index (χ3v) is 4.25. The molecule has 1 N–H and O–H groups in total. The highest BCUT2D eigenvalue weighted by atomic mass is 35.5. The number of carbonyl (C=O) groups excluding carboxylic acids is 1. The van der Waals surface area contributed by atoms with Crippen LogP contribution in [0.5, 0.6) is 0 Å². The lowest BCUT2D eigenvalue weighted by molar-refractivity contribution is -0.121. The summed E-state index contributed by atoms with van der Waals surface area (Å²) in [5.41, 5.74) is 3.43. The molecule has 0 aliphatic heterocycles. The van der Waals surface area contributed by atoms with E-state index in [1.54, 1.807) is 0 Å². The van der Waals surface area contributed by atoms with Gasteiger partial charge in [0, 0.05) is 23.4 Å². The summed E-state index contributed by atoms with van der Waals surface area (Å²) < 4.78 is 1.88. The molecular formula is C19H20ClN3O. The maximum absolute atomic E-state index is 12.0. The van der Waals surface area contributed by atoms with Crippen molar-refractivity contribution in [2.45, 2.75) is 26.3 Å². The predicted octanol–water partition coefficient (Wildman–Crippen LogP) is 3.75. The van der Waals surface area contributed by atoms with Gasteiger partial charge in [-0.15, -0.1) is 0 Å². The Kier molecular flexibility index (Phi) is 5.16. The van der Waals surface area contributed by atoms with Crippen molar-refractivity contribution < 1.29 is 4.79 Å². The van der Waals surface area contributed by atoms with E-state index in [4.69, 9.17) is 11.6 Å². The molecule has 1 amide bonds. The second-order valence-corrected chi connectivity index (χ2v) is 6.34. The van der Waals surface area contributed by atoms with Gasteiger partial charge in [0.05, 0.1) is 18.3 Å². The van der Waals surface area contributed by atoms with Crippen molar-refractivity contribution in [3.05, 3.63) is 64.8 Å². The smallest absolute Gasteiger partial charge is 0.221 e. The van der Waals surface area contributed by atoms with E-state index in [1.807, 2.05) is 35.1 Å². The zero-order chi connectivity index (χ0) is 16.9. The second kappa shape index (κ2) is 7.49. The van der Waals surface area contributed by atoms with Crippen molar-refractivity contribution in [1.29, 1.82) is 0 Å². The third kappa shape index (κ3) is 4.15. The first kappa shape index (κ1) is 16.5. The van der Waals surface area contributed by atoms with Gasteiger partial charge >= 0.3 is 0 Å². The number of halogens is 1. The zero-order valence-electron chi connectivity index (χ0n) is 13.6. The SMILES string of the molecule is Cc1ccc2c(cnn2CCC(=O)NCCc2ccc(Cl)cc2)c1. The van der Waals surface area contributed by atoms with Gasteiger partial charge in [0.1, 0.15) is 0 Å². The van der Waals surface area contributed by atoms with E-state index in [0.29, 0.717) is 19.5 Å². The molecule has 0 atom stereocenters. The first-order chi connectivity index (χ1) is 11.6. The number of hydrogen-bond acceptors (Lipinski definition) is 2. The number of amides is 1. The average molecular weight is 342 g/mol. The van der Waals surface area contributed by atoms with Crippen LogP contribution in [0.25, 0.3) is 10.9 Å². The van der Waals surface area contributed by atoms with Crippen LogP contribution < -0.4 is 5.32 Å². The molecule has 0 unspecified atom stereocenters. The summed E-state index contributed by atoms with van der Waals surface area (Å²) in [6.45, 7) is 3.27. The van der Waals surface area contributed by atoms with Gasteiger partial charge in [-0.05, 0) is 43.2 Å². The molecule has 0 bridgehead atoms. The molecule has 1 aromatic heterocycles. The molecule has 1 heterocycles. The molecule has 0 radical (unpaired) electrons. The summed E-state index contributed by atoms with van der Waals surface area (Å²) in [5, 5.41) is 9.16. The molecule has 24 heavy (non-hydrogen) atoms. The lowest BCUT2D eigenvalue weighted by Crippen LogP contribution is -2.26. The second-order valence-electron chi connectivity index (χ2n) is 5.91. The van der Waals surface area contributed by atoms with Gasteiger partial charge in [-0.3, -0.25) is 9.48 Å². The molecule has 3 rings (SSSR count). The molecule has 0 aliphatic rings. The topological polar surface area (TPSA) is 46.9 Å². The Bertz CT molecular complexity index is 839. The van der Waals surface area contributed by atoms with Gasteiger partial charge in [-0.1, -0.05) is 35.4 Å². The number of benzene rings is 2. The van der Waals surface area contributed by atoms with Crippen molar-refractivity contribution >= 4 is 28.4 Å². The Morgan fingerprint density at radius 3 is 2.79 bits per heavy atom. The van der Waals surface area contributed by atoms with E-state index < -0.39 is 0 Å². The molecular weight excluding hydrogens is 322 g/mol. The third-order valence-electron chi connectivity index (χ3n) is 4.00. The fourth-order valence-electron chi connectivity index (χ4n) is 2.68. The van der Waals surface area contributed by atoms with Crippen LogP contribution in [0.15, 0.2) is 48.7 Å². The van der Waals surface area contributed by atoms with Gasteiger partial charge < -0.3 is 5.32 Å². The minimum atomic E-state index is 0.0414. The zero-order valence-corrected chi connectivity index (χ0v) is 14.4. The maximum Gasteiger partial charge on any atom is 0.221 e. The van der Waals surface area contributed by atoms with Gasteiger partial charge in [-0.25, -0.2) is 0 Å². The van der Waals surface area contributed by atoms with Gasteiger partial charge in [0.2, 0.25) is 5.91 Å². The van der Waals surface area contributed by atoms with Crippen LogP contribution in [0.1, 0.15) is 17.5 Å². The monoisotopic (exact) mass is 341 g/mol. The molecule has 2 aromatic carbocycles. The van der Waals surface area contributed by atoms with Gasteiger partial charge in [0.25, 0.3) is 0 Å². The molecule has 0 saturated heterocycles. The summed E-state index contributed by atoms with van der Waals surface area (Å²) in [5.74, 6) is 0.0414. The Hall–Kier alpha value is -2.33. The van der Waals surface area contributed by atoms with Crippen molar-refractivity contribution in [1.82, 2.24) is 15.1 Å². The van der Waals surface area contributed by atoms with Gasteiger partial charge in [0.15, 0.2) is 0 Å². The average Bonchev–Trinajstić information content (AvgIpc) is 2.97. The van der Waals surface area contributed by atoms with Crippen LogP contribution in [-0.4, -0.2) is 22.2 Å². The highest BCUT2D eigenvalue weighted by Gasteiger charge is 2.06. The van der Waals surface area contributed by atoms with Crippen LogP contribution in [0.2, 0.25) is 5.02 Å². The number of rotatable bonds is 6. The van der Waals surface area contributed by atoms with E-state index in [1.165, 1.54) is 5.56 Å². The maximum atomic E-state index is 12.0.